The SMILES string of the molecule is Cl.Cl.NC1(C(=O)NCc2cccc(NC(=O)c3ccncc3)c2)CCCC1. The quantitative estimate of drug-likeness (QED) is 0.705. The highest BCUT2D eigenvalue weighted by Gasteiger charge is 2.36. The Balaban J connectivity index is 0.00000182. The average molecular weight is 411 g/mol. The number of nitrogens with two attached hydrogens (primary N) is 1. The van der Waals surface area contributed by atoms with Crippen molar-refractivity contribution < 1.29 is 9.59 Å². The summed E-state index contributed by atoms with van der Waals surface area (Å²) in [6.45, 7) is 0.386. The lowest BCUT2D eigenvalue weighted by Crippen LogP contribution is -2.51. The van der Waals surface area contributed by atoms with Crippen molar-refractivity contribution in [1.29, 1.82) is 0 Å². The molecule has 0 saturated heterocycles. The summed E-state index contributed by atoms with van der Waals surface area (Å²) in [6, 6.07) is 10.7. The molecule has 1 saturated carbocycles. The first kappa shape index (κ1) is 22.9. The summed E-state index contributed by atoms with van der Waals surface area (Å²) in [6.07, 6.45) is 6.63. The van der Waals surface area contributed by atoms with E-state index in [9.17, 15) is 9.59 Å². The molecule has 0 atom stereocenters. The third kappa shape index (κ3) is 5.92. The van der Waals surface area contributed by atoms with E-state index in [1.807, 2.05) is 24.3 Å². The predicted octanol–water partition coefficient (Wildman–Crippen LogP) is 3.07. The number of nitrogens with one attached hydrogen (secondary N) is 2. The van der Waals surface area contributed by atoms with Crippen molar-refractivity contribution in [3.63, 3.8) is 0 Å². The van der Waals surface area contributed by atoms with E-state index in [0.29, 0.717) is 17.8 Å². The number of nitrogens with zero attached hydrogens (tertiary/aromatic N) is 1. The first-order valence-electron chi connectivity index (χ1n) is 8.44. The van der Waals surface area contributed by atoms with Crippen molar-refractivity contribution >= 4 is 42.3 Å². The molecule has 6 nitrogen and oxygen atoms in total. The van der Waals surface area contributed by atoms with Gasteiger partial charge in [0.25, 0.3) is 5.91 Å². The van der Waals surface area contributed by atoms with Gasteiger partial charge in [-0.25, -0.2) is 0 Å². The zero-order chi connectivity index (χ0) is 17.7. The van der Waals surface area contributed by atoms with Crippen molar-refractivity contribution in [1.82, 2.24) is 10.3 Å². The fourth-order valence-corrected chi connectivity index (χ4v) is 3.06. The van der Waals surface area contributed by atoms with E-state index >= 15 is 0 Å². The summed E-state index contributed by atoms with van der Waals surface area (Å²) in [5, 5.41) is 5.75. The lowest BCUT2D eigenvalue weighted by Gasteiger charge is -2.22. The van der Waals surface area contributed by atoms with Gasteiger partial charge in [0.1, 0.15) is 0 Å². The number of anilines is 1. The van der Waals surface area contributed by atoms with Crippen LogP contribution in [-0.4, -0.2) is 22.3 Å². The van der Waals surface area contributed by atoms with Gasteiger partial charge >= 0.3 is 0 Å². The van der Waals surface area contributed by atoms with E-state index in [2.05, 4.69) is 15.6 Å². The van der Waals surface area contributed by atoms with Gasteiger partial charge in [-0.2, -0.15) is 0 Å². The lowest BCUT2D eigenvalue weighted by molar-refractivity contribution is -0.126. The molecule has 8 heteroatoms. The highest BCUT2D eigenvalue weighted by molar-refractivity contribution is 6.04. The van der Waals surface area contributed by atoms with Crippen LogP contribution in [0, 0.1) is 0 Å². The van der Waals surface area contributed by atoms with Crippen molar-refractivity contribution in [2.45, 2.75) is 37.8 Å². The number of aromatic nitrogens is 1. The lowest BCUT2D eigenvalue weighted by atomic mass is 9.98. The monoisotopic (exact) mass is 410 g/mol. The molecule has 1 aromatic carbocycles. The summed E-state index contributed by atoms with van der Waals surface area (Å²) in [7, 11) is 0. The molecule has 0 radical (unpaired) electrons. The molecule has 0 spiro atoms. The normalized spacial score (nSPS) is 14.4. The minimum Gasteiger partial charge on any atom is -0.350 e. The van der Waals surface area contributed by atoms with Gasteiger partial charge in [0, 0.05) is 30.2 Å². The summed E-state index contributed by atoms with van der Waals surface area (Å²) in [4.78, 5) is 28.4. The van der Waals surface area contributed by atoms with E-state index in [0.717, 1.165) is 31.2 Å². The molecule has 1 fully saturated rings. The number of halogens is 2. The molecular formula is C19H24Cl2N4O2. The Morgan fingerprint density at radius 1 is 1.07 bits per heavy atom. The van der Waals surface area contributed by atoms with Crippen LogP contribution in [0.25, 0.3) is 0 Å². The van der Waals surface area contributed by atoms with Crippen molar-refractivity contribution in [2.24, 2.45) is 5.73 Å². The van der Waals surface area contributed by atoms with E-state index < -0.39 is 5.54 Å². The van der Waals surface area contributed by atoms with Crippen LogP contribution < -0.4 is 16.4 Å². The molecule has 0 aliphatic heterocycles. The number of pyridine rings is 1. The number of rotatable bonds is 5. The van der Waals surface area contributed by atoms with Crippen LogP contribution in [-0.2, 0) is 11.3 Å². The van der Waals surface area contributed by atoms with Gasteiger partial charge in [0.15, 0.2) is 0 Å². The van der Waals surface area contributed by atoms with Gasteiger partial charge in [0.05, 0.1) is 5.54 Å². The van der Waals surface area contributed by atoms with Gasteiger partial charge in [-0.3, -0.25) is 14.6 Å². The van der Waals surface area contributed by atoms with Gasteiger partial charge in [-0.1, -0.05) is 25.0 Å². The molecule has 1 heterocycles. The third-order valence-corrected chi connectivity index (χ3v) is 4.53. The average Bonchev–Trinajstić information content (AvgIpc) is 3.09. The van der Waals surface area contributed by atoms with Gasteiger partial charge < -0.3 is 16.4 Å². The molecule has 3 rings (SSSR count). The Morgan fingerprint density at radius 2 is 1.74 bits per heavy atom. The first-order valence-corrected chi connectivity index (χ1v) is 8.44. The van der Waals surface area contributed by atoms with Crippen LogP contribution in [0.2, 0.25) is 0 Å². The molecular weight excluding hydrogens is 387 g/mol. The number of benzene rings is 1. The smallest absolute Gasteiger partial charge is 0.255 e. The highest BCUT2D eigenvalue weighted by atomic mass is 35.5. The van der Waals surface area contributed by atoms with E-state index in [4.69, 9.17) is 5.73 Å². The molecule has 4 N–H and O–H groups in total. The Kier molecular flexibility index (Phi) is 8.69. The van der Waals surface area contributed by atoms with Crippen molar-refractivity contribution in [2.75, 3.05) is 5.32 Å². The van der Waals surface area contributed by atoms with Crippen LogP contribution in [0.3, 0.4) is 0 Å². The van der Waals surface area contributed by atoms with Crippen LogP contribution in [0.4, 0.5) is 5.69 Å². The maximum Gasteiger partial charge on any atom is 0.255 e. The van der Waals surface area contributed by atoms with E-state index in [-0.39, 0.29) is 36.6 Å². The van der Waals surface area contributed by atoms with Crippen LogP contribution in [0.1, 0.15) is 41.6 Å². The van der Waals surface area contributed by atoms with Crippen LogP contribution in [0.15, 0.2) is 48.8 Å². The predicted molar refractivity (Wildman–Crippen MR) is 110 cm³/mol. The number of hydrogen-bond acceptors (Lipinski definition) is 4. The summed E-state index contributed by atoms with van der Waals surface area (Å²) in [5.74, 6) is -0.299. The fraction of sp³-hybridized carbons (Fsp3) is 0.316. The summed E-state index contributed by atoms with van der Waals surface area (Å²) in [5.41, 5.74) is 7.55. The van der Waals surface area contributed by atoms with Crippen molar-refractivity contribution in [3.05, 3.63) is 59.9 Å². The second-order valence-electron chi connectivity index (χ2n) is 6.44. The van der Waals surface area contributed by atoms with E-state index in [1.54, 1.807) is 24.5 Å². The Labute approximate surface area is 171 Å². The maximum absolute atomic E-state index is 12.3. The topological polar surface area (TPSA) is 97.1 Å². The van der Waals surface area contributed by atoms with Gasteiger partial charge in [-0.05, 0) is 42.7 Å². The number of carbonyl (C=O) groups excluding carboxylic acids is 2. The first-order chi connectivity index (χ1) is 12.1. The van der Waals surface area contributed by atoms with Crippen LogP contribution >= 0.6 is 24.8 Å². The molecule has 27 heavy (non-hydrogen) atoms. The second-order valence-corrected chi connectivity index (χ2v) is 6.44. The molecule has 1 aliphatic rings. The zero-order valence-corrected chi connectivity index (χ0v) is 16.4. The Bertz CT molecular complexity index is 765. The van der Waals surface area contributed by atoms with Crippen LogP contribution in [0.5, 0.6) is 0 Å². The minimum absolute atomic E-state index is 0. The molecule has 1 aliphatic carbocycles. The number of hydrogen-bond donors (Lipinski definition) is 3. The molecule has 146 valence electrons. The molecule has 2 amide bonds. The largest absolute Gasteiger partial charge is 0.350 e. The number of carbonyl (C=O) groups is 2. The third-order valence-electron chi connectivity index (χ3n) is 4.53. The Hall–Kier alpha value is -2.15. The zero-order valence-electron chi connectivity index (χ0n) is 14.8. The Morgan fingerprint density at radius 3 is 2.41 bits per heavy atom. The van der Waals surface area contributed by atoms with E-state index in [1.165, 1.54) is 0 Å². The molecule has 0 bridgehead atoms. The standard InChI is InChI=1S/C19H22N4O2.2ClH/c20-19(8-1-2-9-19)18(25)22-13-14-4-3-5-16(12-14)23-17(24)15-6-10-21-11-7-15;;/h3-7,10-12H,1-2,8-9,13,20H2,(H,22,25)(H,23,24);2*1H. The second kappa shape index (κ2) is 10.3. The minimum atomic E-state index is -0.729. The fourth-order valence-electron chi connectivity index (χ4n) is 3.06. The summed E-state index contributed by atoms with van der Waals surface area (Å²) >= 11 is 0. The van der Waals surface area contributed by atoms with Crippen molar-refractivity contribution in [3.8, 4) is 0 Å². The maximum atomic E-state index is 12.3. The van der Waals surface area contributed by atoms with Gasteiger partial charge in [-0.15, -0.1) is 24.8 Å². The van der Waals surface area contributed by atoms with Gasteiger partial charge in [0.2, 0.25) is 5.91 Å². The molecule has 0 unspecified atom stereocenters. The number of amides is 2. The molecule has 2 aromatic rings. The molecule has 1 aromatic heterocycles. The summed E-state index contributed by atoms with van der Waals surface area (Å²) < 4.78 is 0. The highest BCUT2D eigenvalue weighted by Crippen LogP contribution is 2.27.